The molecule has 0 bridgehead atoms. The first-order valence-corrected chi connectivity index (χ1v) is 10.3. The third-order valence-electron chi connectivity index (χ3n) is 5.05. The number of carbonyl (C=O) groups is 1. The number of nitrogens with one attached hydrogen (secondary N) is 1. The van der Waals surface area contributed by atoms with Crippen molar-refractivity contribution in [2.24, 2.45) is 19.8 Å². The molecular weight excluding hydrogens is 390 g/mol. The first kappa shape index (κ1) is 19.4. The molecular formula is C18H25N9OS. The molecule has 0 aliphatic carbocycles. The monoisotopic (exact) mass is 415 g/mol. The molecule has 5 N–H and O–H groups in total. The molecule has 1 atom stereocenters. The summed E-state index contributed by atoms with van der Waals surface area (Å²) in [5.41, 5.74) is 13.9. The van der Waals surface area contributed by atoms with Gasteiger partial charge in [0.25, 0.3) is 5.91 Å². The molecule has 4 heterocycles. The molecule has 1 saturated heterocycles. The molecule has 3 aromatic heterocycles. The second kappa shape index (κ2) is 7.84. The number of anilines is 3. The van der Waals surface area contributed by atoms with Gasteiger partial charge in [0.05, 0.1) is 12.4 Å². The second-order valence-corrected chi connectivity index (χ2v) is 8.30. The smallest absolute Gasteiger partial charge is 0.277 e. The zero-order valence-electron chi connectivity index (χ0n) is 16.5. The highest BCUT2D eigenvalue weighted by atomic mass is 32.1. The summed E-state index contributed by atoms with van der Waals surface area (Å²) in [5.74, 6) is 0.517. The second-order valence-electron chi connectivity index (χ2n) is 7.27. The van der Waals surface area contributed by atoms with Crippen molar-refractivity contribution >= 4 is 33.8 Å². The van der Waals surface area contributed by atoms with Gasteiger partial charge in [-0.25, -0.2) is 4.98 Å². The van der Waals surface area contributed by atoms with Crippen LogP contribution < -0.4 is 21.7 Å². The van der Waals surface area contributed by atoms with E-state index in [1.165, 1.54) is 11.3 Å². The topological polar surface area (TPSA) is 133 Å². The van der Waals surface area contributed by atoms with Gasteiger partial charge >= 0.3 is 0 Å². The van der Waals surface area contributed by atoms with E-state index < -0.39 is 0 Å². The van der Waals surface area contributed by atoms with Gasteiger partial charge in [0.15, 0.2) is 11.5 Å². The molecule has 0 saturated carbocycles. The van der Waals surface area contributed by atoms with Gasteiger partial charge in [-0.15, -0.1) is 0 Å². The molecule has 154 valence electrons. The summed E-state index contributed by atoms with van der Waals surface area (Å²) < 4.78 is 3.46. The largest absolute Gasteiger partial charge is 0.389 e. The highest BCUT2D eigenvalue weighted by Gasteiger charge is 2.24. The number of thiazole rings is 1. The van der Waals surface area contributed by atoms with Gasteiger partial charge in [-0.3, -0.25) is 14.2 Å². The standard InChI is InChI=1S/C18H25N9OS/c1-25-10-11(8-21-25)17-24-14(15(20)29-17)16(28)23-13-9-22-26(2)18(13)27-6-3-4-12(19)5-7-27/h8-10,12H,3-7,19-20H2,1-2H3,(H,23,28)/t12-/m0/s1. The maximum Gasteiger partial charge on any atom is 0.277 e. The first-order valence-electron chi connectivity index (χ1n) is 9.51. The summed E-state index contributed by atoms with van der Waals surface area (Å²) in [6, 6.07) is 0.215. The van der Waals surface area contributed by atoms with E-state index in [0.717, 1.165) is 43.7 Å². The molecule has 1 aliphatic heterocycles. The molecule has 29 heavy (non-hydrogen) atoms. The number of nitrogens with zero attached hydrogens (tertiary/aromatic N) is 6. The molecule has 0 unspecified atom stereocenters. The molecule has 1 amide bonds. The SMILES string of the molecule is Cn1cc(-c2nc(C(=O)Nc3cnn(C)c3N3CCC[C@H](N)CC3)c(N)s2)cn1. The minimum Gasteiger partial charge on any atom is -0.389 e. The quantitative estimate of drug-likeness (QED) is 0.587. The molecule has 1 fully saturated rings. The number of hydrogen-bond donors (Lipinski definition) is 3. The van der Waals surface area contributed by atoms with Gasteiger partial charge in [0.1, 0.15) is 15.7 Å². The predicted molar refractivity (Wildman–Crippen MR) is 114 cm³/mol. The number of aryl methyl sites for hydroxylation is 2. The lowest BCUT2D eigenvalue weighted by Gasteiger charge is -2.24. The van der Waals surface area contributed by atoms with E-state index >= 15 is 0 Å². The molecule has 0 spiro atoms. The fourth-order valence-electron chi connectivity index (χ4n) is 3.56. The lowest BCUT2D eigenvalue weighted by atomic mass is 10.1. The van der Waals surface area contributed by atoms with Crippen molar-refractivity contribution in [2.75, 3.05) is 29.0 Å². The van der Waals surface area contributed by atoms with E-state index in [1.807, 2.05) is 20.3 Å². The number of rotatable bonds is 4. The van der Waals surface area contributed by atoms with Crippen LogP contribution in [0.2, 0.25) is 0 Å². The third-order valence-corrected chi connectivity index (χ3v) is 5.98. The number of hydrogen-bond acceptors (Lipinski definition) is 8. The third kappa shape index (κ3) is 3.96. The maximum absolute atomic E-state index is 12.9. The van der Waals surface area contributed by atoms with Gasteiger partial charge in [0.2, 0.25) is 0 Å². The van der Waals surface area contributed by atoms with Crippen molar-refractivity contribution in [2.45, 2.75) is 25.3 Å². The van der Waals surface area contributed by atoms with E-state index in [2.05, 4.69) is 25.4 Å². The Balaban J connectivity index is 1.56. The lowest BCUT2D eigenvalue weighted by Crippen LogP contribution is -2.29. The summed E-state index contributed by atoms with van der Waals surface area (Å²) in [7, 11) is 3.70. The average molecular weight is 416 g/mol. The summed E-state index contributed by atoms with van der Waals surface area (Å²) in [5, 5.41) is 12.4. The molecule has 1 aliphatic rings. The van der Waals surface area contributed by atoms with E-state index in [-0.39, 0.29) is 17.6 Å². The molecule has 3 aromatic rings. The lowest BCUT2D eigenvalue weighted by molar-refractivity contribution is 0.102. The van der Waals surface area contributed by atoms with Crippen molar-refractivity contribution in [3.8, 4) is 10.6 Å². The average Bonchev–Trinajstić information content (AvgIpc) is 3.33. The number of nitrogens with two attached hydrogens (primary N) is 2. The minimum atomic E-state index is -0.352. The highest BCUT2D eigenvalue weighted by Crippen LogP contribution is 2.32. The Bertz CT molecular complexity index is 1020. The molecule has 4 rings (SSSR count). The van der Waals surface area contributed by atoms with Gasteiger partial charge < -0.3 is 21.7 Å². The summed E-state index contributed by atoms with van der Waals surface area (Å²) in [4.78, 5) is 19.6. The Labute approximate surface area is 172 Å². The fraction of sp³-hybridized carbons (Fsp3) is 0.444. The summed E-state index contributed by atoms with van der Waals surface area (Å²) >= 11 is 1.27. The fourth-order valence-corrected chi connectivity index (χ4v) is 4.36. The Morgan fingerprint density at radius 3 is 2.83 bits per heavy atom. The van der Waals surface area contributed by atoms with Crippen LogP contribution >= 0.6 is 11.3 Å². The first-order chi connectivity index (χ1) is 13.9. The zero-order chi connectivity index (χ0) is 20.5. The van der Waals surface area contributed by atoms with Gasteiger partial charge in [-0.2, -0.15) is 10.2 Å². The molecule has 10 nitrogen and oxygen atoms in total. The summed E-state index contributed by atoms with van der Waals surface area (Å²) in [6.45, 7) is 1.70. The Kier molecular flexibility index (Phi) is 5.24. The van der Waals surface area contributed by atoms with Crippen LogP contribution in [0, 0.1) is 0 Å². The van der Waals surface area contributed by atoms with E-state index in [1.54, 1.807) is 21.8 Å². The van der Waals surface area contributed by atoms with Crippen molar-refractivity contribution in [1.29, 1.82) is 0 Å². The Hall–Kier alpha value is -2.92. The van der Waals surface area contributed by atoms with Crippen molar-refractivity contribution in [1.82, 2.24) is 24.5 Å². The van der Waals surface area contributed by atoms with Gasteiger partial charge in [0, 0.05) is 45.0 Å². The van der Waals surface area contributed by atoms with Gasteiger partial charge in [-0.1, -0.05) is 11.3 Å². The van der Waals surface area contributed by atoms with Crippen LogP contribution in [0.15, 0.2) is 18.6 Å². The Morgan fingerprint density at radius 2 is 2.07 bits per heavy atom. The van der Waals surface area contributed by atoms with E-state index in [4.69, 9.17) is 11.5 Å². The predicted octanol–water partition coefficient (Wildman–Crippen LogP) is 1.43. The molecule has 11 heteroatoms. The van der Waals surface area contributed by atoms with Gasteiger partial charge in [-0.05, 0) is 19.3 Å². The minimum absolute atomic E-state index is 0.210. The Morgan fingerprint density at radius 1 is 1.24 bits per heavy atom. The summed E-state index contributed by atoms with van der Waals surface area (Å²) in [6.07, 6.45) is 8.11. The van der Waals surface area contributed by atoms with E-state index in [0.29, 0.717) is 15.7 Å². The maximum atomic E-state index is 12.9. The molecule has 0 aromatic carbocycles. The van der Waals surface area contributed by atoms with Crippen molar-refractivity contribution < 1.29 is 4.79 Å². The number of aromatic nitrogens is 5. The van der Waals surface area contributed by atoms with Crippen molar-refractivity contribution in [3.05, 3.63) is 24.3 Å². The van der Waals surface area contributed by atoms with E-state index in [9.17, 15) is 4.79 Å². The van der Waals surface area contributed by atoms with Crippen LogP contribution in [0.25, 0.3) is 10.6 Å². The molecule has 0 radical (unpaired) electrons. The van der Waals surface area contributed by atoms with Crippen LogP contribution in [-0.2, 0) is 14.1 Å². The van der Waals surface area contributed by atoms with Crippen LogP contribution in [0.3, 0.4) is 0 Å². The van der Waals surface area contributed by atoms with Crippen LogP contribution in [0.5, 0.6) is 0 Å². The van der Waals surface area contributed by atoms with Crippen LogP contribution in [0.4, 0.5) is 16.5 Å². The number of amides is 1. The van der Waals surface area contributed by atoms with Crippen LogP contribution in [0.1, 0.15) is 29.8 Å². The zero-order valence-corrected chi connectivity index (χ0v) is 17.3. The number of nitrogen functional groups attached to an aromatic ring is 1. The van der Waals surface area contributed by atoms with Crippen LogP contribution in [-0.4, -0.2) is 49.6 Å². The normalized spacial score (nSPS) is 17.3. The number of carbonyl (C=O) groups excluding carboxylic acids is 1. The highest BCUT2D eigenvalue weighted by molar-refractivity contribution is 7.19. The van der Waals surface area contributed by atoms with Crippen molar-refractivity contribution in [3.63, 3.8) is 0 Å².